The third-order valence-corrected chi connectivity index (χ3v) is 5.27. The van der Waals surface area contributed by atoms with Crippen molar-refractivity contribution in [3.05, 3.63) is 54.6 Å². The quantitative estimate of drug-likeness (QED) is 0.615. The highest BCUT2D eigenvalue weighted by Crippen LogP contribution is 2.28. The first kappa shape index (κ1) is 18.5. The monoisotopic (exact) mass is 381 g/mol. The molecule has 0 aliphatic rings. The maximum absolute atomic E-state index is 11.5. The lowest BCUT2D eigenvalue weighted by molar-refractivity contribution is -0.114. The molecule has 0 saturated heterocycles. The second kappa shape index (κ2) is 8.38. The minimum Gasteiger partial charge on any atom is -0.295 e. The molecule has 0 fully saturated rings. The van der Waals surface area contributed by atoms with Crippen molar-refractivity contribution in [2.45, 2.75) is 16.7 Å². The number of nitrogens with one attached hydrogen (secondary N) is 1. The first-order chi connectivity index (χ1) is 12.6. The molecule has 0 atom stereocenters. The van der Waals surface area contributed by atoms with Crippen molar-refractivity contribution >= 4 is 35.4 Å². The van der Waals surface area contributed by atoms with E-state index in [0.29, 0.717) is 5.95 Å². The zero-order valence-electron chi connectivity index (χ0n) is 14.8. The molecule has 1 heterocycles. The zero-order valence-corrected chi connectivity index (χ0v) is 16.4. The number of thioether (sulfide) groups is 2. The van der Waals surface area contributed by atoms with Gasteiger partial charge in [-0.3, -0.25) is 10.1 Å². The summed E-state index contributed by atoms with van der Waals surface area (Å²) in [6.45, 7) is 1.45. The van der Waals surface area contributed by atoms with Gasteiger partial charge in [0.15, 0.2) is 0 Å². The van der Waals surface area contributed by atoms with E-state index in [4.69, 9.17) is 0 Å². The third-order valence-electron chi connectivity index (χ3n) is 3.79. The molecule has 2 aromatic carbocycles. The van der Waals surface area contributed by atoms with Crippen LogP contribution in [0, 0.1) is 0 Å². The summed E-state index contributed by atoms with van der Waals surface area (Å²) >= 11 is 3.39. The molecule has 0 saturated carbocycles. The van der Waals surface area contributed by atoms with E-state index in [1.165, 1.54) is 16.7 Å². The second-order valence-corrected chi connectivity index (χ2v) is 7.36. The molecule has 0 bridgehead atoms. The first-order valence-electron chi connectivity index (χ1n) is 8.04. The smallest absolute Gasteiger partial charge is 0.230 e. The van der Waals surface area contributed by atoms with Crippen LogP contribution < -0.4 is 5.32 Å². The van der Waals surface area contributed by atoms with E-state index in [-0.39, 0.29) is 5.91 Å². The minimum absolute atomic E-state index is 0.191. The van der Waals surface area contributed by atoms with E-state index in [0.717, 1.165) is 22.5 Å². The van der Waals surface area contributed by atoms with Gasteiger partial charge in [-0.25, -0.2) is 9.97 Å². The Morgan fingerprint density at radius 1 is 0.808 bits per heavy atom. The molecule has 1 amide bonds. The number of hydrogen-bond acceptors (Lipinski definition) is 5. The summed E-state index contributed by atoms with van der Waals surface area (Å²) in [5.41, 5.74) is 3.53. The highest BCUT2D eigenvalue weighted by atomic mass is 32.2. The zero-order chi connectivity index (χ0) is 18.5. The van der Waals surface area contributed by atoms with Crippen LogP contribution in [0.4, 0.5) is 5.95 Å². The number of carbonyl (C=O) groups is 1. The van der Waals surface area contributed by atoms with E-state index < -0.39 is 0 Å². The van der Waals surface area contributed by atoms with Crippen LogP contribution in [0.5, 0.6) is 0 Å². The number of amides is 1. The Labute approximate surface area is 161 Å². The lowest BCUT2D eigenvalue weighted by Crippen LogP contribution is -2.10. The Kier molecular flexibility index (Phi) is 5.96. The normalized spacial score (nSPS) is 10.6. The Bertz CT molecular complexity index is 844. The van der Waals surface area contributed by atoms with Crippen LogP contribution in [0.25, 0.3) is 22.5 Å². The number of benzene rings is 2. The van der Waals surface area contributed by atoms with Crippen molar-refractivity contribution in [3.8, 4) is 22.5 Å². The average Bonchev–Trinajstić information content (AvgIpc) is 2.67. The SMILES string of the molecule is CSc1ccc(-c2cc(-c3ccc(SC)cc3)nc(NC(C)=O)n2)cc1. The molecule has 6 heteroatoms. The van der Waals surface area contributed by atoms with Crippen LogP contribution in [-0.4, -0.2) is 28.4 Å². The molecule has 0 unspecified atom stereocenters. The van der Waals surface area contributed by atoms with Crippen LogP contribution >= 0.6 is 23.5 Å². The molecular weight excluding hydrogens is 362 g/mol. The number of anilines is 1. The molecule has 0 spiro atoms. The van der Waals surface area contributed by atoms with Crippen LogP contribution in [-0.2, 0) is 4.79 Å². The predicted molar refractivity (Wildman–Crippen MR) is 111 cm³/mol. The largest absolute Gasteiger partial charge is 0.295 e. The van der Waals surface area contributed by atoms with E-state index in [2.05, 4.69) is 39.6 Å². The fraction of sp³-hybridized carbons (Fsp3) is 0.150. The van der Waals surface area contributed by atoms with Crippen LogP contribution in [0.3, 0.4) is 0 Å². The van der Waals surface area contributed by atoms with Gasteiger partial charge in [-0.15, -0.1) is 23.5 Å². The summed E-state index contributed by atoms with van der Waals surface area (Å²) in [5.74, 6) is 0.122. The van der Waals surface area contributed by atoms with Gasteiger partial charge in [0.2, 0.25) is 11.9 Å². The average molecular weight is 382 g/mol. The van der Waals surface area contributed by atoms with E-state index in [1.807, 2.05) is 42.8 Å². The van der Waals surface area contributed by atoms with Gasteiger partial charge in [-0.1, -0.05) is 24.3 Å². The Morgan fingerprint density at radius 3 is 1.58 bits per heavy atom. The molecule has 0 radical (unpaired) electrons. The summed E-state index contributed by atoms with van der Waals surface area (Å²) in [6.07, 6.45) is 4.09. The summed E-state index contributed by atoms with van der Waals surface area (Å²) < 4.78 is 0. The molecular formula is C20H19N3OS2. The predicted octanol–water partition coefficient (Wildman–Crippen LogP) is 5.21. The molecule has 1 aromatic heterocycles. The van der Waals surface area contributed by atoms with Crippen LogP contribution in [0.1, 0.15) is 6.92 Å². The van der Waals surface area contributed by atoms with Gasteiger partial charge in [-0.05, 0) is 42.8 Å². The molecule has 0 aliphatic heterocycles. The topological polar surface area (TPSA) is 54.9 Å². The van der Waals surface area contributed by atoms with Gasteiger partial charge in [0.1, 0.15) is 0 Å². The number of carbonyl (C=O) groups excluding carboxylic acids is 1. The van der Waals surface area contributed by atoms with Gasteiger partial charge in [-0.2, -0.15) is 0 Å². The molecule has 26 heavy (non-hydrogen) atoms. The second-order valence-electron chi connectivity index (χ2n) is 5.60. The van der Waals surface area contributed by atoms with Gasteiger partial charge in [0.05, 0.1) is 11.4 Å². The molecule has 0 aliphatic carbocycles. The molecule has 1 N–H and O–H groups in total. The molecule has 4 nitrogen and oxygen atoms in total. The number of rotatable bonds is 5. The standard InChI is InChI=1S/C20H19N3OS2/c1-13(24)21-20-22-18(14-4-8-16(25-2)9-5-14)12-19(23-20)15-6-10-17(26-3)11-7-15/h4-12H,1-3H3,(H,21,22,23,24). The lowest BCUT2D eigenvalue weighted by Gasteiger charge is -2.09. The maximum Gasteiger partial charge on any atom is 0.230 e. The summed E-state index contributed by atoms with van der Waals surface area (Å²) in [6, 6.07) is 18.3. The first-order valence-corrected chi connectivity index (χ1v) is 10.5. The fourth-order valence-corrected chi connectivity index (χ4v) is 3.30. The van der Waals surface area contributed by atoms with Crippen LogP contribution in [0.2, 0.25) is 0 Å². The number of nitrogens with zero attached hydrogens (tertiary/aromatic N) is 2. The van der Waals surface area contributed by atoms with E-state index in [9.17, 15) is 4.79 Å². The van der Waals surface area contributed by atoms with Gasteiger partial charge >= 0.3 is 0 Å². The summed E-state index contributed by atoms with van der Waals surface area (Å²) in [7, 11) is 0. The van der Waals surface area contributed by atoms with E-state index in [1.54, 1.807) is 23.5 Å². The summed E-state index contributed by atoms with van der Waals surface area (Å²) in [5, 5.41) is 2.70. The minimum atomic E-state index is -0.191. The highest BCUT2D eigenvalue weighted by molar-refractivity contribution is 7.98. The van der Waals surface area contributed by atoms with Gasteiger partial charge < -0.3 is 0 Å². The third kappa shape index (κ3) is 4.45. The Morgan fingerprint density at radius 2 is 1.23 bits per heavy atom. The van der Waals surface area contributed by atoms with Gasteiger partial charge in [0, 0.05) is 27.8 Å². The van der Waals surface area contributed by atoms with Crippen molar-refractivity contribution in [1.82, 2.24) is 9.97 Å². The Hall–Kier alpha value is -2.31. The molecule has 132 valence electrons. The number of hydrogen-bond donors (Lipinski definition) is 1. The van der Waals surface area contributed by atoms with E-state index >= 15 is 0 Å². The number of aromatic nitrogens is 2. The lowest BCUT2D eigenvalue weighted by atomic mass is 10.1. The fourth-order valence-electron chi connectivity index (χ4n) is 2.48. The van der Waals surface area contributed by atoms with Crippen molar-refractivity contribution in [2.24, 2.45) is 0 Å². The molecule has 3 aromatic rings. The van der Waals surface area contributed by atoms with Crippen molar-refractivity contribution in [2.75, 3.05) is 17.8 Å². The highest BCUT2D eigenvalue weighted by Gasteiger charge is 2.10. The molecule has 3 rings (SSSR count). The summed E-state index contributed by atoms with van der Waals surface area (Å²) in [4.78, 5) is 22.9. The van der Waals surface area contributed by atoms with Crippen LogP contribution in [0.15, 0.2) is 64.4 Å². The van der Waals surface area contributed by atoms with Crippen molar-refractivity contribution in [1.29, 1.82) is 0 Å². The maximum atomic E-state index is 11.5. The Balaban J connectivity index is 2.06. The van der Waals surface area contributed by atoms with Crippen molar-refractivity contribution < 1.29 is 4.79 Å². The van der Waals surface area contributed by atoms with Crippen molar-refractivity contribution in [3.63, 3.8) is 0 Å². The van der Waals surface area contributed by atoms with Gasteiger partial charge in [0.25, 0.3) is 0 Å².